The van der Waals surface area contributed by atoms with Crippen LogP contribution in [0.1, 0.15) is 46.5 Å². The Kier molecular flexibility index (Phi) is 4.74. The molecule has 0 amide bonds. The molecule has 0 bridgehead atoms. The van der Waals surface area contributed by atoms with Crippen LogP contribution < -0.4 is 5.32 Å². The molecule has 0 spiro atoms. The number of carboxylic acids is 1. The minimum atomic E-state index is -0.744. The van der Waals surface area contributed by atoms with Crippen molar-refractivity contribution >= 4 is 5.97 Å². The fourth-order valence-corrected chi connectivity index (χ4v) is 2.23. The lowest BCUT2D eigenvalue weighted by Gasteiger charge is -2.37. The first-order valence-corrected chi connectivity index (χ1v) is 6.07. The molecule has 1 heterocycles. The molecule has 2 N–H and O–H groups in total. The van der Waals surface area contributed by atoms with Crippen LogP contribution in [0.2, 0.25) is 0 Å². The molecule has 0 aromatic rings. The van der Waals surface area contributed by atoms with E-state index < -0.39 is 12.0 Å². The van der Waals surface area contributed by atoms with E-state index >= 15 is 0 Å². The zero-order chi connectivity index (χ0) is 12.2. The predicted octanol–water partition coefficient (Wildman–Crippen LogP) is 1.79. The molecule has 1 saturated heterocycles. The summed E-state index contributed by atoms with van der Waals surface area (Å²) >= 11 is 0. The van der Waals surface area contributed by atoms with Crippen LogP contribution in [0.3, 0.4) is 0 Å². The monoisotopic (exact) mass is 229 g/mol. The SMILES string of the molecule is CCCC(NC1CCOC(C)(C)C1)C(=O)O. The van der Waals surface area contributed by atoms with Gasteiger partial charge in [0.25, 0.3) is 0 Å². The van der Waals surface area contributed by atoms with Gasteiger partial charge in [-0.1, -0.05) is 13.3 Å². The lowest BCUT2D eigenvalue weighted by atomic mass is 9.93. The average Bonchev–Trinajstić information content (AvgIpc) is 2.15. The van der Waals surface area contributed by atoms with E-state index in [4.69, 9.17) is 9.84 Å². The molecule has 0 radical (unpaired) electrons. The van der Waals surface area contributed by atoms with Gasteiger partial charge in [-0.25, -0.2) is 0 Å². The second kappa shape index (κ2) is 5.64. The van der Waals surface area contributed by atoms with Crippen molar-refractivity contribution in [2.24, 2.45) is 0 Å². The van der Waals surface area contributed by atoms with Crippen LogP contribution in [-0.4, -0.2) is 35.4 Å². The Morgan fingerprint density at radius 3 is 2.81 bits per heavy atom. The lowest BCUT2D eigenvalue weighted by Crippen LogP contribution is -2.49. The third-order valence-electron chi connectivity index (χ3n) is 3.01. The van der Waals surface area contributed by atoms with Crippen molar-refractivity contribution in [3.8, 4) is 0 Å². The number of rotatable bonds is 5. The van der Waals surface area contributed by atoms with Crippen molar-refractivity contribution in [1.82, 2.24) is 5.32 Å². The summed E-state index contributed by atoms with van der Waals surface area (Å²) in [7, 11) is 0. The van der Waals surface area contributed by atoms with Gasteiger partial charge in [0.2, 0.25) is 0 Å². The Hall–Kier alpha value is -0.610. The number of nitrogens with one attached hydrogen (secondary N) is 1. The van der Waals surface area contributed by atoms with Crippen molar-refractivity contribution in [3.05, 3.63) is 0 Å². The Morgan fingerprint density at radius 1 is 1.62 bits per heavy atom. The molecule has 1 rings (SSSR count). The molecule has 0 aliphatic carbocycles. The van der Waals surface area contributed by atoms with E-state index in [0.717, 1.165) is 19.3 Å². The third-order valence-corrected chi connectivity index (χ3v) is 3.01. The molecule has 2 atom stereocenters. The molecule has 4 nitrogen and oxygen atoms in total. The molecular weight excluding hydrogens is 206 g/mol. The maximum atomic E-state index is 11.0. The smallest absolute Gasteiger partial charge is 0.320 e. The summed E-state index contributed by atoms with van der Waals surface area (Å²) in [6, 6.07) is -0.153. The molecule has 2 unspecified atom stereocenters. The van der Waals surface area contributed by atoms with Gasteiger partial charge in [-0.05, 0) is 33.1 Å². The summed E-state index contributed by atoms with van der Waals surface area (Å²) in [5, 5.41) is 12.3. The Labute approximate surface area is 97.4 Å². The highest BCUT2D eigenvalue weighted by Gasteiger charge is 2.31. The van der Waals surface area contributed by atoms with E-state index in [0.29, 0.717) is 13.0 Å². The van der Waals surface area contributed by atoms with Gasteiger partial charge in [-0.3, -0.25) is 4.79 Å². The number of carboxylic acid groups (broad SMARTS) is 1. The van der Waals surface area contributed by atoms with E-state index in [9.17, 15) is 4.79 Å². The standard InChI is InChI=1S/C12H23NO3/c1-4-5-10(11(14)15)13-9-6-7-16-12(2,3)8-9/h9-10,13H,4-8H2,1-3H3,(H,14,15). The molecule has 1 aliphatic rings. The molecular formula is C12H23NO3. The summed E-state index contributed by atoms with van der Waals surface area (Å²) in [5.41, 5.74) is -0.134. The van der Waals surface area contributed by atoms with Gasteiger partial charge in [0.1, 0.15) is 6.04 Å². The van der Waals surface area contributed by atoms with Crippen LogP contribution in [0.25, 0.3) is 0 Å². The van der Waals surface area contributed by atoms with Crippen LogP contribution in [0.4, 0.5) is 0 Å². The third kappa shape index (κ3) is 4.10. The minimum absolute atomic E-state index is 0.134. The van der Waals surface area contributed by atoms with Crippen LogP contribution in [0.15, 0.2) is 0 Å². The van der Waals surface area contributed by atoms with Crippen molar-refractivity contribution in [1.29, 1.82) is 0 Å². The highest BCUT2D eigenvalue weighted by Crippen LogP contribution is 2.24. The molecule has 94 valence electrons. The number of aliphatic carboxylic acids is 1. The normalized spacial score (nSPS) is 26.3. The highest BCUT2D eigenvalue weighted by molar-refractivity contribution is 5.73. The molecule has 0 aromatic heterocycles. The molecule has 4 heteroatoms. The van der Waals surface area contributed by atoms with Gasteiger partial charge in [0.15, 0.2) is 0 Å². The second-order valence-electron chi connectivity index (χ2n) is 5.14. The van der Waals surface area contributed by atoms with Crippen LogP contribution >= 0.6 is 0 Å². The van der Waals surface area contributed by atoms with Gasteiger partial charge in [-0.2, -0.15) is 0 Å². The maximum absolute atomic E-state index is 11.0. The van der Waals surface area contributed by atoms with E-state index in [2.05, 4.69) is 19.2 Å². The number of hydrogen-bond donors (Lipinski definition) is 2. The minimum Gasteiger partial charge on any atom is -0.480 e. The van der Waals surface area contributed by atoms with E-state index in [1.165, 1.54) is 0 Å². The van der Waals surface area contributed by atoms with Gasteiger partial charge >= 0.3 is 5.97 Å². The topological polar surface area (TPSA) is 58.6 Å². The van der Waals surface area contributed by atoms with Crippen molar-refractivity contribution < 1.29 is 14.6 Å². The summed E-state index contributed by atoms with van der Waals surface area (Å²) in [6.07, 6.45) is 3.35. The van der Waals surface area contributed by atoms with Crippen LogP contribution in [-0.2, 0) is 9.53 Å². The first-order valence-electron chi connectivity index (χ1n) is 6.07. The Balaban J connectivity index is 2.48. The summed E-state index contributed by atoms with van der Waals surface area (Å²) in [4.78, 5) is 11.0. The largest absolute Gasteiger partial charge is 0.480 e. The van der Waals surface area contributed by atoms with Gasteiger partial charge in [0, 0.05) is 12.6 Å². The Bertz CT molecular complexity index is 240. The van der Waals surface area contributed by atoms with Crippen LogP contribution in [0, 0.1) is 0 Å². The van der Waals surface area contributed by atoms with Gasteiger partial charge in [0.05, 0.1) is 5.60 Å². The van der Waals surface area contributed by atoms with E-state index in [1.54, 1.807) is 0 Å². The van der Waals surface area contributed by atoms with Crippen molar-refractivity contribution in [2.45, 2.75) is 64.1 Å². The fourth-order valence-electron chi connectivity index (χ4n) is 2.23. The summed E-state index contributed by atoms with van der Waals surface area (Å²) in [5.74, 6) is -0.744. The number of ether oxygens (including phenoxy) is 1. The zero-order valence-corrected chi connectivity index (χ0v) is 10.5. The molecule has 1 aliphatic heterocycles. The summed E-state index contributed by atoms with van der Waals surface area (Å²) < 4.78 is 5.61. The van der Waals surface area contributed by atoms with E-state index in [-0.39, 0.29) is 11.6 Å². The number of carbonyl (C=O) groups is 1. The average molecular weight is 229 g/mol. The summed E-state index contributed by atoms with van der Waals surface area (Å²) in [6.45, 7) is 6.82. The zero-order valence-electron chi connectivity index (χ0n) is 10.5. The number of hydrogen-bond acceptors (Lipinski definition) is 3. The van der Waals surface area contributed by atoms with E-state index in [1.807, 2.05) is 6.92 Å². The fraction of sp³-hybridized carbons (Fsp3) is 0.917. The molecule has 0 aromatic carbocycles. The quantitative estimate of drug-likeness (QED) is 0.754. The first-order chi connectivity index (χ1) is 7.44. The van der Waals surface area contributed by atoms with Crippen molar-refractivity contribution in [2.75, 3.05) is 6.61 Å². The second-order valence-corrected chi connectivity index (χ2v) is 5.14. The van der Waals surface area contributed by atoms with Gasteiger partial charge in [-0.15, -0.1) is 0 Å². The highest BCUT2D eigenvalue weighted by atomic mass is 16.5. The van der Waals surface area contributed by atoms with Crippen LogP contribution in [0.5, 0.6) is 0 Å². The first kappa shape index (κ1) is 13.5. The molecule has 0 saturated carbocycles. The Morgan fingerprint density at radius 2 is 2.31 bits per heavy atom. The van der Waals surface area contributed by atoms with Crippen molar-refractivity contribution in [3.63, 3.8) is 0 Å². The molecule has 1 fully saturated rings. The maximum Gasteiger partial charge on any atom is 0.320 e. The predicted molar refractivity (Wildman–Crippen MR) is 62.5 cm³/mol. The lowest BCUT2D eigenvalue weighted by molar-refractivity contribution is -0.140. The van der Waals surface area contributed by atoms with Gasteiger partial charge < -0.3 is 15.2 Å². The molecule has 16 heavy (non-hydrogen) atoms.